The Morgan fingerprint density at radius 3 is 2.63 bits per heavy atom. The number of guanidine groups is 1. The molecule has 0 radical (unpaired) electrons. The van der Waals surface area contributed by atoms with E-state index in [0.29, 0.717) is 6.54 Å². The lowest BCUT2D eigenvalue weighted by atomic mass is 9.97. The highest BCUT2D eigenvalue weighted by Gasteiger charge is 2.27. The predicted molar refractivity (Wildman–Crippen MR) is 117 cm³/mol. The van der Waals surface area contributed by atoms with Crippen molar-refractivity contribution in [3.05, 3.63) is 62.3 Å². The Balaban J connectivity index is 1.64. The van der Waals surface area contributed by atoms with E-state index < -0.39 is 4.92 Å². The summed E-state index contributed by atoms with van der Waals surface area (Å²) in [7, 11) is 1.43. The minimum Gasteiger partial charge on any atom is -0.469 e. The SMILES string of the molecule is COC(=O)C1CCN(C(=NCc2ccc([N+](=O)[O-])cc2)NCCc2cccs2)CC1. The molecule has 2 aromatic rings. The highest BCUT2D eigenvalue weighted by molar-refractivity contribution is 7.09. The summed E-state index contributed by atoms with van der Waals surface area (Å²) in [4.78, 5) is 30.4. The number of nitrogens with zero attached hydrogens (tertiary/aromatic N) is 3. The quantitative estimate of drug-likeness (QED) is 0.238. The summed E-state index contributed by atoms with van der Waals surface area (Å²) >= 11 is 1.73. The number of carbonyl (C=O) groups excluding carboxylic acids is 1. The molecule has 1 aromatic heterocycles. The Kier molecular flexibility index (Phi) is 7.78. The van der Waals surface area contributed by atoms with Gasteiger partial charge in [-0.05, 0) is 36.3 Å². The molecule has 0 atom stereocenters. The van der Waals surface area contributed by atoms with Crippen LogP contribution in [0.15, 0.2) is 46.8 Å². The van der Waals surface area contributed by atoms with Crippen LogP contribution in [0.2, 0.25) is 0 Å². The molecule has 9 heteroatoms. The van der Waals surface area contributed by atoms with Gasteiger partial charge in [0.1, 0.15) is 0 Å². The number of hydrogen-bond donors (Lipinski definition) is 1. The summed E-state index contributed by atoms with van der Waals surface area (Å²) in [6, 6.07) is 10.6. The van der Waals surface area contributed by atoms with Crippen LogP contribution in [0.25, 0.3) is 0 Å². The number of methoxy groups -OCH3 is 1. The van der Waals surface area contributed by atoms with E-state index in [-0.39, 0.29) is 17.6 Å². The van der Waals surface area contributed by atoms with Crippen LogP contribution in [0.4, 0.5) is 5.69 Å². The van der Waals surface area contributed by atoms with Crippen molar-refractivity contribution in [3.63, 3.8) is 0 Å². The lowest BCUT2D eigenvalue weighted by molar-refractivity contribution is -0.384. The molecule has 1 aliphatic heterocycles. The van der Waals surface area contributed by atoms with Crippen LogP contribution in [-0.2, 0) is 22.5 Å². The Hall–Kier alpha value is -2.94. The third-order valence-electron chi connectivity index (χ3n) is 5.12. The van der Waals surface area contributed by atoms with Crippen LogP contribution < -0.4 is 5.32 Å². The normalized spacial score (nSPS) is 15.1. The Labute approximate surface area is 179 Å². The van der Waals surface area contributed by atoms with Crippen LogP contribution in [-0.4, -0.2) is 48.5 Å². The number of nitrogens with one attached hydrogen (secondary N) is 1. The van der Waals surface area contributed by atoms with Crippen molar-refractivity contribution in [1.29, 1.82) is 0 Å². The number of likely N-dealkylation sites (tertiary alicyclic amines) is 1. The first kappa shape index (κ1) is 21.8. The smallest absolute Gasteiger partial charge is 0.308 e. The fourth-order valence-electron chi connectivity index (χ4n) is 3.40. The van der Waals surface area contributed by atoms with Gasteiger partial charge in [-0.1, -0.05) is 18.2 Å². The largest absolute Gasteiger partial charge is 0.469 e. The fraction of sp³-hybridized carbons (Fsp3) is 0.429. The van der Waals surface area contributed by atoms with Crippen molar-refractivity contribution in [1.82, 2.24) is 10.2 Å². The highest BCUT2D eigenvalue weighted by atomic mass is 32.1. The Morgan fingerprint density at radius 1 is 1.30 bits per heavy atom. The van der Waals surface area contributed by atoms with E-state index in [4.69, 9.17) is 9.73 Å². The molecule has 2 heterocycles. The number of nitro benzene ring substituents is 1. The van der Waals surface area contributed by atoms with E-state index in [9.17, 15) is 14.9 Å². The van der Waals surface area contributed by atoms with Crippen molar-refractivity contribution in [2.75, 3.05) is 26.7 Å². The zero-order chi connectivity index (χ0) is 21.3. The van der Waals surface area contributed by atoms with Crippen LogP contribution in [0, 0.1) is 16.0 Å². The molecule has 160 valence electrons. The first-order valence-corrected chi connectivity index (χ1v) is 10.8. The first-order chi connectivity index (χ1) is 14.6. The predicted octanol–water partition coefficient (Wildman–Crippen LogP) is 3.23. The number of aliphatic imine (C=N–C) groups is 1. The van der Waals surface area contributed by atoms with Crippen molar-refractivity contribution in [2.45, 2.75) is 25.8 Å². The number of non-ortho nitro benzene ring substituents is 1. The van der Waals surface area contributed by atoms with Gasteiger partial charge >= 0.3 is 5.97 Å². The van der Waals surface area contributed by atoms with Crippen molar-refractivity contribution < 1.29 is 14.5 Å². The molecule has 1 fully saturated rings. The summed E-state index contributed by atoms with van der Waals surface area (Å²) in [5, 5.41) is 16.3. The molecule has 1 N–H and O–H groups in total. The Morgan fingerprint density at radius 2 is 2.03 bits per heavy atom. The molecule has 0 aliphatic carbocycles. The van der Waals surface area contributed by atoms with Crippen LogP contribution in [0.1, 0.15) is 23.3 Å². The van der Waals surface area contributed by atoms with E-state index in [1.54, 1.807) is 23.5 Å². The zero-order valence-corrected chi connectivity index (χ0v) is 17.8. The van der Waals surface area contributed by atoms with E-state index in [1.807, 2.05) is 6.07 Å². The summed E-state index contributed by atoms with van der Waals surface area (Å²) in [6.45, 7) is 2.64. The molecule has 1 aromatic carbocycles. The lowest BCUT2D eigenvalue weighted by Crippen LogP contribution is -2.47. The van der Waals surface area contributed by atoms with Gasteiger partial charge < -0.3 is 15.0 Å². The Bertz CT molecular complexity index is 860. The average Bonchev–Trinajstić information content (AvgIpc) is 3.29. The number of esters is 1. The number of thiophene rings is 1. The fourth-order valence-corrected chi connectivity index (χ4v) is 4.11. The van der Waals surface area contributed by atoms with Gasteiger partial charge in [-0.2, -0.15) is 0 Å². The molecule has 3 rings (SSSR count). The van der Waals surface area contributed by atoms with Gasteiger partial charge in [0.2, 0.25) is 0 Å². The van der Waals surface area contributed by atoms with Crippen molar-refractivity contribution in [2.24, 2.45) is 10.9 Å². The summed E-state index contributed by atoms with van der Waals surface area (Å²) in [6.07, 6.45) is 2.37. The van der Waals surface area contributed by atoms with Crippen LogP contribution >= 0.6 is 11.3 Å². The van der Waals surface area contributed by atoms with Gasteiger partial charge in [0.25, 0.3) is 5.69 Å². The van der Waals surface area contributed by atoms with Gasteiger partial charge in [0.15, 0.2) is 5.96 Å². The summed E-state index contributed by atoms with van der Waals surface area (Å²) in [5.74, 6) is 0.589. The van der Waals surface area contributed by atoms with Crippen molar-refractivity contribution in [3.8, 4) is 0 Å². The zero-order valence-electron chi connectivity index (χ0n) is 17.0. The summed E-state index contributed by atoms with van der Waals surface area (Å²) < 4.78 is 4.87. The molecule has 8 nitrogen and oxygen atoms in total. The second-order valence-corrected chi connectivity index (χ2v) is 8.14. The first-order valence-electron chi connectivity index (χ1n) is 9.93. The van der Waals surface area contributed by atoms with Gasteiger partial charge in [0, 0.05) is 36.6 Å². The van der Waals surface area contributed by atoms with Gasteiger partial charge in [0.05, 0.1) is 24.5 Å². The van der Waals surface area contributed by atoms with E-state index >= 15 is 0 Å². The van der Waals surface area contributed by atoms with Crippen molar-refractivity contribution >= 4 is 29.0 Å². The molecule has 0 saturated carbocycles. The third-order valence-corrected chi connectivity index (χ3v) is 6.06. The van der Waals surface area contributed by atoms with E-state index in [2.05, 4.69) is 21.7 Å². The molecule has 0 unspecified atom stereocenters. The number of nitro groups is 1. The summed E-state index contributed by atoms with van der Waals surface area (Å²) in [5.41, 5.74) is 0.976. The maximum absolute atomic E-state index is 11.8. The number of rotatable bonds is 7. The van der Waals surface area contributed by atoms with E-state index in [0.717, 1.165) is 50.4 Å². The maximum atomic E-state index is 11.8. The van der Waals surface area contributed by atoms with Crippen LogP contribution in [0.3, 0.4) is 0 Å². The standard InChI is InChI=1S/C21H26N4O4S/c1-29-20(26)17-9-12-24(13-10-17)21(22-11-8-19-3-2-14-30-19)23-15-16-4-6-18(7-5-16)25(27)28/h2-7,14,17H,8-13,15H2,1H3,(H,22,23). The molecular formula is C21H26N4O4S. The van der Waals surface area contributed by atoms with E-state index in [1.165, 1.54) is 24.1 Å². The molecule has 30 heavy (non-hydrogen) atoms. The molecule has 0 spiro atoms. The monoisotopic (exact) mass is 430 g/mol. The molecule has 1 aliphatic rings. The lowest BCUT2D eigenvalue weighted by Gasteiger charge is -2.33. The molecule has 1 saturated heterocycles. The number of piperidine rings is 1. The second-order valence-electron chi connectivity index (χ2n) is 7.10. The van der Waals surface area contributed by atoms with Gasteiger partial charge in [-0.3, -0.25) is 14.9 Å². The minimum atomic E-state index is -0.407. The number of carbonyl (C=O) groups is 1. The molecule has 0 amide bonds. The number of benzene rings is 1. The molecule has 0 bridgehead atoms. The van der Waals surface area contributed by atoms with Gasteiger partial charge in [-0.15, -0.1) is 11.3 Å². The number of ether oxygens (including phenoxy) is 1. The maximum Gasteiger partial charge on any atom is 0.308 e. The molecular weight excluding hydrogens is 404 g/mol. The topological polar surface area (TPSA) is 97.1 Å². The average molecular weight is 431 g/mol. The van der Waals surface area contributed by atoms with Crippen LogP contribution in [0.5, 0.6) is 0 Å². The highest BCUT2D eigenvalue weighted by Crippen LogP contribution is 2.19. The number of hydrogen-bond acceptors (Lipinski definition) is 6. The van der Waals surface area contributed by atoms with Gasteiger partial charge in [-0.25, -0.2) is 4.99 Å². The third kappa shape index (κ3) is 6.03. The second kappa shape index (κ2) is 10.7. The minimum absolute atomic E-state index is 0.0618.